The summed E-state index contributed by atoms with van der Waals surface area (Å²) in [5.74, 6) is 3.86. The van der Waals surface area contributed by atoms with Gasteiger partial charge in [-0.15, -0.1) is 0 Å². The molecule has 108 valence electrons. The summed E-state index contributed by atoms with van der Waals surface area (Å²) < 4.78 is 1.05. The average Bonchev–Trinajstić information content (AvgIpc) is 3.10. The normalized spacial score (nSPS) is 37.3. The maximum atomic E-state index is 10.5. The lowest BCUT2D eigenvalue weighted by Gasteiger charge is -2.22. The van der Waals surface area contributed by atoms with E-state index in [0.29, 0.717) is 0 Å². The Morgan fingerprint density at radius 1 is 1.20 bits per heavy atom. The second-order valence-electron chi connectivity index (χ2n) is 6.95. The summed E-state index contributed by atoms with van der Waals surface area (Å²) in [7, 11) is 0. The summed E-state index contributed by atoms with van der Waals surface area (Å²) in [5, 5.41) is 10.5. The number of benzene rings is 1. The number of nitrogens with zero attached hydrogens (tertiary/aromatic N) is 1. The number of rotatable bonds is 3. The van der Waals surface area contributed by atoms with Gasteiger partial charge in [-0.25, -0.2) is 0 Å². The van der Waals surface area contributed by atoms with E-state index in [0.717, 1.165) is 40.3 Å². The van der Waals surface area contributed by atoms with Gasteiger partial charge in [-0.05, 0) is 60.6 Å². The van der Waals surface area contributed by atoms with Gasteiger partial charge in [0.2, 0.25) is 0 Å². The Kier molecular flexibility index (Phi) is 3.40. The van der Waals surface area contributed by atoms with Gasteiger partial charge >= 0.3 is 0 Å². The average molecular weight is 336 g/mol. The first kappa shape index (κ1) is 13.3. The minimum atomic E-state index is -0.357. The number of fused-ring (bicyclic) bond motifs is 5. The quantitative estimate of drug-likeness (QED) is 0.914. The number of aliphatic hydroxyl groups is 1. The zero-order valence-electron chi connectivity index (χ0n) is 11.7. The molecule has 20 heavy (non-hydrogen) atoms. The van der Waals surface area contributed by atoms with E-state index >= 15 is 0 Å². The highest BCUT2D eigenvalue weighted by Gasteiger charge is 2.51. The van der Waals surface area contributed by atoms with Crippen LogP contribution in [-0.2, 0) is 0 Å². The molecule has 0 aromatic heterocycles. The molecule has 0 spiro atoms. The molecule has 1 heterocycles. The molecule has 2 bridgehead atoms. The van der Waals surface area contributed by atoms with Crippen molar-refractivity contribution in [3.8, 4) is 0 Å². The molecule has 2 aliphatic carbocycles. The fraction of sp³-hybridized carbons (Fsp3) is 0.647. The van der Waals surface area contributed by atoms with Crippen LogP contribution in [0.15, 0.2) is 28.7 Å². The van der Waals surface area contributed by atoms with Gasteiger partial charge in [0.25, 0.3) is 0 Å². The van der Waals surface area contributed by atoms with Crippen LogP contribution in [-0.4, -0.2) is 29.6 Å². The number of hydrogen-bond donors (Lipinski definition) is 1. The number of hydrogen-bond acceptors (Lipinski definition) is 2. The van der Waals surface area contributed by atoms with Crippen molar-refractivity contribution in [2.75, 3.05) is 19.6 Å². The molecule has 1 aromatic rings. The summed E-state index contributed by atoms with van der Waals surface area (Å²) >= 11 is 3.48. The minimum absolute atomic E-state index is 0.357. The van der Waals surface area contributed by atoms with Gasteiger partial charge < -0.3 is 5.11 Å². The van der Waals surface area contributed by atoms with Crippen molar-refractivity contribution in [1.82, 2.24) is 4.90 Å². The first-order valence-electron chi connectivity index (χ1n) is 7.86. The Hall–Kier alpha value is -0.380. The predicted molar refractivity (Wildman–Crippen MR) is 83.4 cm³/mol. The van der Waals surface area contributed by atoms with Crippen molar-refractivity contribution < 1.29 is 5.11 Å². The standard InChI is InChI=1S/C17H22BrNO/c18-14-3-1-2-13(7-14)17(20)10-19-8-15-11-4-5-12(6-11)16(15)9-19/h1-3,7,11-12,15-17,20H,4-6,8-10H2/t11-,12+,15-,16+,17?. The molecular weight excluding hydrogens is 314 g/mol. The number of halogens is 1. The Bertz CT molecular complexity index is 488. The van der Waals surface area contributed by atoms with E-state index in [1.807, 2.05) is 24.3 Å². The summed E-state index contributed by atoms with van der Waals surface area (Å²) in [4.78, 5) is 2.51. The molecule has 1 aromatic carbocycles. The van der Waals surface area contributed by atoms with Crippen LogP contribution in [0.1, 0.15) is 30.9 Å². The van der Waals surface area contributed by atoms with Crippen LogP contribution in [0.5, 0.6) is 0 Å². The minimum Gasteiger partial charge on any atom is -0.387 e. The van der Waals surface area contributed by atoms with Crippen LogP contribution in [0.25, 0.3) is 0 Å². The first-order valence-corrected chi connectivity index (χ1v) is 8.66. The van der Waals surface area contributed by atoms with Crippen molar-refractivity contribution in [2.45, 2.75) is 25.4 Å². The van der Waals surface area contributed by atoms with E-state index in [1.54, 1.807) is 0 Å². The largest absolute Gasteiger partial charge is 0.387 e. The lowest BCUT2D eigenvalue weighted by atomic mass is 9.82. The first-order chi connectivity index (χ1) is 9.70. The lowest BCUT2D eigenvalue weighted by Crippen LogP contribution is -2.28. The molecule has 3 aliphatic rings. The summed E-state index contributed by atoms with van der Waals surface area (Å²) in [6, 6.07) is 8.07. The molecule has 3 fully saturated rings. The summed E-state index contributed by atoms with van der Waals surface area (Å²) in [6.45, 7) is 3.23. The van der Waals surface area contributed by atoms with Gasteiger partial charge in [-0.1, -0.05) is 28.1 Å². The monoisotopic (exact) mass is 335 g/mol. The second kappa shape index (κ2) is 5.11. The van der Waals surface area contributed by atoms with E-state index in [1.165, 1.54) is 32.4 Å². The van der Waals surface area contributed by atoms with Crippen LogP contribution in [0.4, 0.5) is 0 Å². The van der Waals surface area contributed by atoms with Gasteiger partial charge in [-0.2, -0.15) is 0 Å². The van der Waals surface area contributed by atoms with Crippen LogP contribution in [0.2, 0.25) is 0 Å². The molecule has 2 nitrogen and oxygen atoms in total. The SMILES string of the molecule is OC(CN1C[C@@H]2[C@@H]3CC[C@@H](C3)[C@@H]2C1)c1cccc(Br)c1. The van der Waals surface area contributed by atoms with Crippen molar-refractivity contribution in [3.63, 3.8) is 0 Å². The fourth-order valence-corrected chi connectivity index (χ4v) is 5.40. The van der Waals surface area contributed by atoms with Crippen LogP contribution in [0.3, 0.4) is 0 Å². The molecule has 5 atom stereocenters. The zero-order valence-corrected chi connectivity index (χ0v) is 13.3. The molecule has 1 N–H and O–H groups in total. The van der Waals surface area contributed by atoms with Crippen LogP contribution in [0, 0.1) is 23.7 Å². The van der Waals surface area contributed by atoms with Crippen LogP contribution >= 0.6 is 15.9 Å². The zero-order chi connectivity index (χ0) is 13.7. The summed E-state index contributed by atoms with van der Waals surface area (Å²) in [5.41, 5.74) is 1.03. The molecule has 3 heteroatoms. The molecule has 1 unspecified atom stereocenters. The third kappa shape index (κ3) is 2.24. The van der Waals surface area contributed by atoms with Gasteiger partial charge in [0, 0.05) is 24.1 Å². The summed E-state index contributed by atoms with van der Waals surface area (Å²) in [6.07, 6.45) is 4.07. The number of β-amino-alcohol motifs (C(OH)–C–C–N with tert-alkyl or cyclic N) is 1. The molecule has 0 radical (unpaired) electrons. The number of likely N-dealkylation sites (tertiary alicyclic amines) is 1. The lowest BCUT2D eigenvalue weighted by molar-refractivity contribution is 0.120. The van der Waals surface area contributed by atoms with Gasteiger partial charge in [-0.3, -0.25) is 4.90 Å². The highest BCUT2D eigenvalue weighted by atomic mass is 79.9. The molecule has 4 rings (SSSR count). The van der Waals surface area contributed by atoms with E-state index < -0.39 is 0 Å². The maximum Gasteiger partial charge on any atom is 0.0917 e. The smallest absolute Gasteiger partial charge is 0.0917 e. The van der Waals surface area contributed by atoms with E-state index in [2.05, 4.69) is 20.8 Å². The molecule has 2 saturated carbocycles. The van der Waals surface area contributed by atoms with Crippen molar-refractivity contribution in [3.05, 3.63) is 34.3 Å². The fourth-order valence-electron chi connectivity index (χ4n) is 4.98. The topological polar surface area (TPSA) is 23.5 Å². The molecule has 1 saturated heterocycles. The maximum absolute atomic E-state index is 10.5. The van der Waals surface area contributed by atoms with Crippen molar-refractivity contribution in [1.29, 1.82) is 0 Å². The highest BCUT2D eigenvalue weighted by molar-refractivity contribution is 9.10. The third-order valence-electron chi connectivity index (χ3n) is 5.88. The third-order valence-corrected chi connectivity index (χ3v) is 6.37. The molecule has 0 amide bonds. The predicted octanol–water partition coefficient (Wildman–Crippen LogP) is 3.46. The van der Waals surface area contributed by atoms with Gasteiger partial charge in [0.15, 0.2) is 0 Å². The molecule has 1 aliphatic heterocycles. The Labute approximate surface area is 129 Å². The van der Waals surface area contributed by atoms with Gasteiger partial charge in [0.1, 0.15) is 0 Å². The Balaban J connectivity index is 1.41. The number of aliphatic hydroxyl groups excluding tert-OH is 1. The molecular formula is C17H22BrNO. The van der Waals surface area contributed by atoms with Crippen molar-refractivity contribution in [2.24, 2.45) is 23.7 Å². The Morgan fingerprint density at radius 2 is 1.90 bits per heavy atom. The van der Waals surface area contributed by atoms with Crippen molar-refractivity contribution >= 4 is 15.9 Å². The van der Waals surface area contributed by atoms with E-state index in [-0.39, 0.29) is 6.10 Å². The highest BCUT2D eigenvalue weighted by Crippen LogP contribution is 2.55. The van der Waals surface area contributed by atoms with E-state index in [4.69, 9.17) is 0 Å². The van der Waals surface area contributed by atoms with Gasteiger partial charge in [0.05, 0.1) is 6.10 Å². The second-order valence-corrected chi connectivity index (χ2v) is 7.87. The Morgan fingerprint density at radius 3 is 2.55 bits per heavy atom. The van der Waals surface area contributed by atoms with E-state index in [9.17, 15) is 5.11 Å². The van der Waals surface area contributed by atoms with Crippen LogP contribution < -0.4 is 0 Å².